The number of rotatable bonds is 5. The number of aryl methyl sites for hydroxylation is 1. The third-order valence-electron chi connectivity index (χ3n) is 5.44. The number of benzene rings is 2. The van der Waals surface area contributed by atoms with E-state index in [0.717, 1.165) is 22.2 Å². The molecular weight excluding hydrogens is 447 g/mol. The summed E-state index contributed by atoms with van der Waals surface area (Å²) in [4.78, 5) is 32.8. The Labute approximate surface area is 191 Å². The highest BCUT2D eigenvalue weighted by atomic mass is 32.1. The van der Waals surface area contributed by atoms with Crippen LogP contribution in [0.2, 0.25) is 0 Å². The van der Waals surface area contributed by atoms with Crippen molar-refractivity contribution >= 4 is 49.7 Å². The second-order valence-electron chi connectivity index (χ2n) is 7.35. The number of thiophene rings is 1. The molecule has 3 heterocycles. The number of aliphatic hydroxyl groups excluding tert-OH is 1. The van der Waals surface area contributed by atoms with Gasteiger partial charge >= 0.3 is 0 Å². The van der Waals surface area contributed by atoms with Crippen molar-refractivity contribution in [3.8, 4) is 0 Å². The van der Waals surface area contributed by atoms with E-state index in [2.05, 4.69) is 11.9 Å². The predicted octanol–water partition coefficient (Wildman–Crippen LogP) is 5.84. The molecule has 1 N–H and O–H groups in total. The van der Waals surface area contributed by atoms with Crippen LogP contribution in [0.3, 0.4) is 0 Å². The van der Waals surface area contributed by atoms with Crippen molar-refractivity contribution in [3.05, 3.63) is 93.1 Å². The fraction of sp³-hybridized carbons (Fsp3) is 0.125. The summed E-state index contributed by atoms with van der Waals surface area (Å²) < 4.78 is 14.5. The first-order valence-corrected chi connectivity index (χ1v) is 11.7. The summed E-state index contributed by atoms with van der Waals surface area (Å²) in [6.07, 6.45) is 0.867. The van der Waals surface area contributed by atoms with Crippen molar-refractivity contribution in [2.24, 2.45) is 0 Å². The number of thiazole rings is 1. The van der Waals surface area contributed by atoms with Gasteiger partial charge in [0.1, 0.15) is 5.82 Å². The van der Waals surface area contributed by atoms with E-state index in [0.29, 0.717) is 15.6 Å². The molecule has 0 fully saturated rings. The fourth-order valence-corrected chi connectivity index (χ4v) is 5.55. The number of halogens is 1. The van der Waals surface area contributed by atoms with Crippen LogP contribution in [0.4, 0.5) is 9.52 Å². The van der Waals surface area contributed by atoms with Gasteiger partial charge in [-0.05, 0) is 53.3 Å². The molecule has 2 aromatic heterocycles. The van der Waals surface area contributed by atoms with Crippen molar-refractivity contribution in [3.63, 3.8) is 0 Å². The van der Waals surface area contributed by atoms with Gasteiger partial charge in [-0.1, -0.05) is 42.5 Å². The smallest absolute Gasteiger partial charge is 0.296 e. The molecule has 1 aliphatic rings. The quantitative estimate of drug-likeness (QED) is 0.377. The van der Waals surface area contributed by atoms with E-state index in [-0.39, 0.29) is 5.57 Å². The summed E-state index contributed by atoms with van der Waals surface area (Å²) in [5, 5.41) is 12.9. The molecule has 5 rings (SSSR count). The second kappa shape index (κ2) is 7.96. The lowest BCUT2D eigenvalue weighted by molar-refractivity contribution is -0.117. The molecule has 8 heteroatoms. The lowest BCUT2D eigenvalue weighted by Crippen LogP contribution is -2.30. The Bertz CT molecular complexity index is 1370. The van der Waals surface area contributed by atoms with Gasteiger partial charge in [-0.15, -0.1) is 11.3 Å². The minimum Gasteiger partial charge on any atom is -0.503 e. The van der Waals surface area contributed by atoms with Gasteiger partial charge in [0.05, 0.1) is 26.7 Å². The summed E-state index contributed by atoms with van der Waals surface area (Å²) in [5.41, 5.74) is 2.35. The number of amides is 1. The van der Waals surface area contributed by atoms with Crippen LogP contribution in [0, 0.1) is 5.82 Å². The summed E-state index contributed by atoms with van der Waals surface area (Å²) in [5.74, 6) is -2.17. The van der Waals surface area contributed by atoms with Crippen molar-refractivity contribution < 1.29 is 19.1 Å². The van der Waals surface area contributed by atoms with Crippen molar-refractivity contribution in [1.29, 1.82) is 0 Å². The van der Waals surface area contributed by atoms with E-state index in [1.165, 1.54) is 51.8 Å². The number of hydrogen-bond acceptors (Lipinski definition) is 6. The van der Waals surface area contributed by atoms with E-state index >= 15 is 0 Å². The van der Waals surface area contributed by atoms with E-state index in [9.17, 15) is 19.1 Å². The van der Waals surface area contributed by atoms with Crippen LogP contribution in [-0.4, -0.2) is 21.8 Å². The summed E-state index contributed by atoms with van der Waals surface area (Å²) in [6.45, 7) is 2.06. The Morgan fingerprint density at radius 3 is 2.66 bits per heavy atom. The lowest BCUT2D eigenvalue weighted by atomic mass is 9.95. The molecular formula is C24H17FN2O3S2. The molecule has 0 saturated carbocycles. The molecule has 1 aliphatic heterocycles. The maximum atomic E-state index is 13.6. The van der Waals surface area contributed by atoms with Gasteiger partial charge in [0.25, 0.3) is 5.91 Å². The summed E-state index contributed by atoms with van der Waals surface area (Å²) in [7, 11) is 0. The molecule has 1 atom stereocenters. The molecule has 2 aromatic carbocycles. The number of aromatic nitrogens is 1. The molecule has 0 aliphatic carbocycles. The highest BCUT2D eigenvalue weighted by Crippen LogP contribution is 2.44. The Balaban J connectivity index is 1.67. The van der Waals surface area contributed by atoms with E-state index < -0.39 is 29.3 Å². The molecule has 160 valence electrons. The number of aliphatic hydroxyl groups is 1. The maximum absolute atomic E-state index is 13.6. The number of Topliss-reactive ketones (excluding diaryl/α,β-unsaturated/α-hetero) is 1. The third-order valence-corrected chi connectivity index (χ3v) is 7.33. The Hall–Kier alpha value is -3.36. The van der Waals surface area contributed by atoms with Crippen LogP contribution in [0.5, 0.6) is 0 Å². The van der Waals surface area contributed by atoms with Gasteiger partial charge in [0, 0.05) is 0 Å². The first kappa shape index (κ1) is 20.5. The molecule has 0 spiro atoms. The normalized spacial score (nSPS) is 16.4. The van der Waals surface area contributed by atoms with Crippen molar-refractivity contribution in [2.75, 3.05) is 4.90 Å². The first-order chi connectivity index (χ1) is 15.5. The van der Waals surface area contributed by atoms with Crippen LogP contribution in [0.1, 0.15) is 33.8 Å². The third kappa shape index (κ3) is 3.32. The number of carbonyl (C=O) groups excluding carboxylic acids is 2. The lowest BCUT2D eigenvalue weighted by Gasteiger charge is -2.24. The number of anilines is 1. The number of ketones is 1. The first-order valence-electron chi connectivity index (χ1n) is 9.97. The zero-order chi connectivity index (χ0) is 22.4. The van der Waals surface area contributed by atoms with Crippen LogP contribution in [0.25, 0.3) is 10.2 Å². The molecule has 4 aromatic rings. The van der Waals surface area contributed by atoms with Gasteiger partial charge in [0.15, 0.2) is 10.9 Å². The van der Waals surface area contributed by atoms with Crippen molar-refractivity contribution in [2.45, 2.75) is 19.4 Å². The maximum Gasteiger partial charge on any atom is 0.296 e. The topological polar surface area (TPSA) is 70.5 Å². The summed E-state index contributed by atoms with van der Waals surface area (Å²) in [6, 6.07) is 13.9. The number of nitrogens with zero attached hydrogens (tertiary/aromatic N) is 2. The Kier molecular flexibility index (Phi) is 5.11. The van der Waals surface area contributed by atoms with Crippen LogP contribution >= 0.6 is 22.7 Å². The molecule has 0 unspecified atom stereocenters. The second-order valence-corrected chi connectivity index (χ2v) is 9.31. The molecule has 0 saturated heterocycles. The minimum atomic E-state index is -0.913. The highest BCUT2D eigenvalue weighted by Gasteiger charge is 2.46. The van der Waals surface area contributed by atoms with E-state index in [4.69, 9.17) is 0 Å². The zero-order valence-corrected chi connectivity index (χ0v) is 18.5. The molecule has 0 bridgehead atoms. The molecule has 0 radical (unpaired) electrons. The highest BCUT2D eigenvalue weighted by molar-refractivity contribution is 7.22. The number of hydrogen-bond donors (Lipinski definition) is 1. The molecule has 32 heavy (non-hydrogen) atoms. The number of fused-ring (bicyclic) bond motifs is 1. The minimum absolute atomic E-state index is 0.0300. The van der Waals surface area contributed by atoms with Gasteiger partial charge in [-0.3, -0.25) is 14.5 Å². The average molecular weight is 465 g/mol. The van der Waals surface area contributed by atoms with Gasteiger partial charge in [-0.25, -0.2) is 9.37 Å². The van der Waals surface area contributed by atoms with Crippen molar-refractivity contribution in [1.82, 2.24) is 4.98 Å². The SMILES string of the molecule is CCc1ccc2nc(N3C(=O)C(O)=C(C(=O)c4cccs4)[C@@H]3c3ccc(F)cc3)sc2c1. The zero-order valence-electron chi connectivity index (χ0n) is 16.9. The van der Waals surface area contributed by atoms with E-state index in [1.807, 2.05) is 18.2 Å². The molecule has 1 amide bonds. The van der Waals surface area contributed by atoms with Gasteiger partial charge in [-0.2, -0.15) is 0 Å². The van der Waals surface area contributed by atoms with Gasteiger partial charge in [0.2, 0.25) is 5.78 Å². The van der Waals surface area contributed by atoms with Crippen LogP contribution in [-0.2, 0) is 11.2 Å². The Morgan fingerprint density at radius 1 is 1.19 bits per heavy atom. The van der Waals surface area contributed by atoms with E-state index in [1.54, 1.807) is 17.5 Å². The van der Waals surface area contributed by atoms with Crippen LogP contribution < -0.4 is 4.90 Å². The molecule has 5 nitrogen and oxygen atoms in total. The monoisotopic (exact) mass is 464 g/mol. The van der Waals surface area contributed by atoms with Crippen LogP contribution in [0.15, 0.2) is 71.3 Å². The summed E-state index contributed by atoms with van der Waals surface area (Å²) >= 11 is 2.54. The standard InChI is InChI=1S/C24H17FN2O3S2/c1-2-13-5-10-16-18(12-13)32-24(26-16)27-20(14-6-8-15(25)9-7-14)19(22(29)23(27)30)21(28)17-4-3-11-31-17/h3-12,20,29H,2H2,1H3/t20-/m0/s1. The average Bonchev–Trinajstić information content (AvgIpc) is 3.52. The Morgan fingerprint density at radius 2 is 1.97 bits per heavy atom. The van der Waals surface area contributed by atoms with Gasteiger partial charge < -0.3 is 5.11 Å². The fourth-order valence-electron chi connectivity index (χ4n) is 3.82. The number of carbonyl (C=O) groups is 2. The largest absolute Gasteiger partial charge is 0.503 e. The predicted molar refractivity (Wildman–Crippen MR) is 124 cm³/mol.